The van der Waals surface area contributed by atoms with Crippen LogP contribution >= 0.6 is 46.4 Å². The zero-order valence-electron chi connectivity index (χ0n) is 6.56. The molecular weight excluding hydrogens is 266 g/mol. The van der Waals surface area contributed by atoms with Crippen LogP contribution in [0.15, 0.2) is 12.1 Å². The second kappa shape index (κ2) is 6.76. The van der Waals surface area contributed by atoms with E-state index < -0.39 is 0 Å². The number of nitrogens with zero attached hydrogens (tertiary/aromatic N) is 2. The van der Waals surface area contributed by atoms with Gasteiger partial charge in [-0.15, -0.1) is 0 Å². The van der Waals surface area contributed by atoms with E-state index in [1.165, 1.54) is 12.1 Å². The van der Waals surface area contributed by atoms with Gasteiger partial charge in [-0.1, -0.05) is 46.4 Å². The molecule has 0 saturated carbocycles. The summed E-state index contributed by atoms with van der Waals surface area (Å²) in [6, 6.07) is 5.66. The molecular formula is C8H2Cl4N2. The Balaban J connectivity index is 0.000000364. The zero-order valence-corrected chi connectivity index (χ0v) is 9.58. The van der Waals surface area contributed by atoms with E-state index >= 15 is 0 Å². The van der Waals surface area contributed by atoms with Crippen LogP contribution in [0.25, 0.3) is 0 Å². The molecule has 0 saturated heterocycles. The fourth-order valence-electron chi connectivity index (χ4n) is 0.502. The van der Waals surface area contributed by atoms with E-state index in [1.54, 1.807) is 12.1 Å². The lowest BCUT2D eigenvalue weighted by atomic mass is 10.4. The average molecular weight is 268 g/mol. The number of hydrogen-bond donors (Lipinski definition) is 0. The van der Waals surface area contributed by atoms with Crippen molar-refractivity contribution in [2.45, 2.75) is 0 Å². The van der Waals surface area contributed by atoms with E-state index in [0.29, 0.717) is 20.1 Å². The molecule has 0 heterocycles. The average Bonchev–Trinajstić information content (AvgIpc) is 2.21. The number of hydrogen-bond acceptors (Lipinski definition) is 2. The smallest absolute Gasteiger partial charge is 0.181 e. The molecule has 0 fully saturated rings. The van der Waals surface area contributed by atoms with E-state index in [9.17, 15) is 0 Å². The minimum absolute atomic E-state index is 0.302. The van der Waals surface area contributed by atoms with Gasteiger partial charge < -0.3 is 0 Å². The van der Waals surface area contributed by atoms with Crippen molar-refractivity contribution >= 4 is 46.4 Å². The molecule has 0 spiro atoms. The Labute approximate surface area is 101 Å². The predicted molar refractivity (Wildman–Crippen MR) is 57.7 cm³/mol. The summed E-state index contributed by atoms with van der Waals surface area (Å²) in [5.41, 5.74) is 0. The van der Waals surface area contributed by atoms with Crippen LogP contribution in [0.1, 0.15) is 0 Å². The van der Waals surface area contributed by atoms with Gasteiger partial charge in [-0.25, -0.2) is 0 Å². The first-order valence-corrected chi connectivity index (χ1v) is 4.63. The molecule has 1 aromatic carbocycles. The van der Waals surface area contributed by atoms with Crippen molar-refractivity contribution in [3.63, 3.8) is 0 Å². The first kappa shape index (κ1) is 13.4. The van der Waals surface area contributed by atoms with Crippen LogP contribution < -0.4 is 0 Å². The summed E-state index contributed by atoms with van der Waals surface area (Å²) in [7, 11) is 0. The highest BCUT2D eigenvalue weighted by Gasteiger charge is 2.05. The Kier molecular flexibility index (Phi) is 6.45. The van der Waals surface area contributed by atoms with Gasteiger partial charge in [0.15, 0.2) is 12.1 Å². The molecule has 72 valence electrons. The van der Waals surface area contributed by atoms with Crippen LogP contribution in [-0.2, 0) is 0 Å². The number of rotatable bonds is 0. The Bertz CT molecular complexity index is 364. The van der Waals surface area contributed by atoms with Crippen LogP contribution in [0.4, 0.5) is 0 Å². The zero-order chi connectivity index (χ0) is 11.1. The molecule has 0 bridgehead atoms. The molecule has 0 unspecified atom stereocenters. The van der Waals surface area contributed by atoms with Crippen molar-refractivity contribution in [2.24, 2.45) is 0 Å². The van der Waals surface area contributed by atoms with Crippen molar-refractivity contribution in [2.75, 3.05) is 0 Å². The highest BCUT2D eigenvalue weighted by Crippen LogP contribution is 2.34. The maximum atomic E-state index is 7.26. The summed E-state index contributed by atoms with van der Waals surface area (Å²) in [4.78, 5) is 0. The van der Waals surface area contributed by atoms with Gasteiger partial charge in [0.25, 0.3) is 0 Å². The van der Waals surface area contributed by atoms with Crippen LogP contribution in [0.3, 0.4) is 0 Å². The normalized spacial score (nSPS) is 7.86. The van der Waals surface area contributed by atoms with Gasteiger partial charge in [-0.2, -0.15) is 10.5 Å². The molecule has 0 aromatic heterocycles. The van der Waals surface area contributed by atoms with Crippen LogP contribution in [-0.4, -0.2) is 0 Å². The van der Waals surface area contributed by atoms with E-state index in [4.69, 9.17) is 56.9 Å². The molecule has 14 heavy (non-hydrogen) atoms. The quantitative estimate of drug-likeness (QED) is 0.519. The van der Waals surface area contributed by atoms with E-state index in [-0.39, 0.29) is 0 Å². The summed E-state index contributed by atoms with van der Waals surface area (Å²) >= 11 is 22.5. The van der Waals surface area contributed by atoms with Crippen LogP contribution in [0.5, 0.6) is 0 Å². The summed E-state index contributed by atoms with van der Waals surface area (Å²) < 4.78 is 0. The van der Waals surface area contributed by atoms with Crippen molar-refractivity contribution in [3.8, 4) is 12.1 Å². The van der Waals surface area contributed by atoms with E-state index in [1.807, 2.05) is 0 Å². The van der Waals surface area contributed by atoms with E-state index in [2.05, 4.69) is 0 Å². The molecule has 2 nitrogen and oxygen atoms in total. The lowest BCUT2D eigenvalue weighted by Gasteiger charge is -1.98. The predicted octanol–water partition coefficient (Wildman–Crippen LogP) is 4.33. The molecule has 0 aliphatic carbocycles. The minimum Gasteiger partial charge on any atom is -0.181 e. The third-order valence-corrected chi connectivity index (χ3v) is 2.74. The fourth-order valence-corrected chi connectivity index (χ4v) is 1.24. The summed E-state index contributed by atoms with van der Waals surface area (Å²) in [6.45, 7) is 0. The van der Waals surface area contributed by atoms with Gasteiger partial charge in [0.1, 0.15) is 0 Å². The lowest BCUT2D eigenvalue weighted by molar-refractivity contribution is 1.49. The molecule has 0 amide bonds. The van der Waals surface area contributed by atoms with Gasteiger partial charge in [0, 0.05) is 0 Å². The first-order chi connectivity index (χ1) is 6.54. The standard InChI is InChI=1S/C6H2Cl4.C2N2/c7-3-1-2-4(8)6(10)5(3)9;3-1-2-4/h1-2H;. The van der Waals surface area contributed by atoms with Crippen LogP contribution in [0.2, 0.25) is 20.1 Å². The molecule has 1 rings (SSSR count). The SMILES string of the molecule is Clc1ccc(Cl)c(Cl)c1Cl.N#CC#N. The highest BCUT2D eigenvalue weighted by atomic mass is 35.5. The molecule has 0 aliphatic rings. The van der Waals surface area contributed by atoms with Gasteiger partial charge >= 0.3 is 0 Å². The number of nitriles is 2. The molecule has 0 atom stereocenters. The van der Waals surface area contributed by atoms with Crippen molar-refractivity contribution < 1.29 is 0 Å². The Hall–Kier alpha value is -0.640. The summed E-state index contributed by atoms with van der Waals surface area (Å²) in [5.74, 6) is 0. The number of halogens is 4. The molecule has 1 aromatic rings. The molecule has 6 heteroatoms. The summed E-state index contributed by atoms with van der Waals surface area (Å²) in [6.07, 6.45) is 0. The first-order valence-electron chi connectivity index (χ1n) is 3.11. The van der Waals surface area contributed by atoms with E-state index in [0.717, 1.165) is 0 Å². The Morgan fingerprint density at radius 1 is 0.786 bits per heavy atom. The fraction of sp³-hybridized carbons (Fsp3) is 0. The molecule has 0 radical (unpaired) electrons. The van der Waals surface area contributed by atoms with Gasteiger partial charge in [0.05, 0.1) is 20.1 Å². The van der Waals surface area contributed by atoms with Crippen molar-refractivity contribution in [1.82, 2.24) is 0 Å². The van der Waals surface area contributed by atoms with Gasteiger partial charge in [-0.3, -0.25) is 0 Å². The third kappa shape index (κ3) is 4.05. The Morgan fingerprint density at radius 2 is 1.07 bits per heavy atom. The largest absolute Gasteiger partial charge is 0.181 e. The number of benzene rings is 1. The lowest BCUT2D eigenvalue weighted by Crippen LogP contribution is -1.71. The summed E-state index contributed by atoms with van der Waals surface area (Å²) in [5, 5.41) is 16.0. The van der Waals surface area contributed by atoms with Gasteiger partial charge in [-0.05, 0) is 12.1 Å². The van der Waals surface area contributed by atoms with Crippen molar-refractivity contribution in [3.05, 3.63) is 32.2 Å². The second-order valence-electron chi connectivity index (χ2n) is 1.88. The van der Waals surface area contributed by atoms with Crippen LogP contribution in [0, 0.1) is 22.7 Å². The Morgan fingerprint density at radius 3 is 1.29 bits per heavy atom. The molecule has 0 aliphatic heterocycles. The second-order valence-corrected chi connectivity index (χ2v) is 3.45. The molecule has 0 N–H and O–H groups in total. The minimum atomic E-state index is 0.302. The van der Waals surface area contributed by atoms with Crippen molar-refractivity contribution in [1.29, 1.82) is 10.5 Å². The monoisotopic (exact) mass is 266 g/mol. The highest BCUT2D eigenvalue weighted by molar-refractivity contribution is 6.51. The maximum Gasteiger partial charge on any atom is 0.181 e. The third-order valence-electron chi connectivity index (χ3n) is 1.04. The maximum absolute atomic E-state index is 7.26. The van der Waals surface area contributed by atoms with Gasteiger partial charge in [0.2, 0.25) is 0 Å². The topological polar surface area (TPSA) is 47.6 Å².